The van der Waals surface area contributed by atoms with Gasteiger partial charge in [0.25, 0.3) is 5.91 Å². The monoisotopic (exact) mass is 575 g/mol. The highest BCUT2D eigenvalue weighted by molar-refractivity contribution is 8.00. The highest BCUT2D eigenvalue weighted by atomic mass is 32.2. The lowest BCUT2D eigenvalue weighted by molar-refractivity contribution is -0.122. The van der Waals surface area contributed by atoms with E-state index in [1.165, 1.54) is 36.0 Å². The van der Waals surface area contributed by atoms with Crippen molar-refractivity contribution in [2.45, 2.75) is 23.1 Å². The number of ether oxygens (including phenoxy) is 1. The van der Waals surface area contributed by atoms with Crippen LogP contribution in [0, 0.1) is 18.7 Å². The molecule has 3 amide bonds. The Labute approximate surface area is 236 Å². The van der Waals surface area contributed by atoms with Gasteiger partial charge in [0.1, 0.15) is 16.8 Å². The first-order valence-electron chi connectivity index (χ1n) is 12.4. The van der Waals surface area contributed by atoms with Crippen LogP contribution in [0.5, 0.6) is 5.75 Å². The number of thiazole rings is 1. The Kier molecular flexibility index (Phi) is 6.77. The summed E-state index contributed by atoms with van der Waals surface area (Å²) in [6.45, 7) is 1.70. The molecule has 0 aliphatic carbocycles. The summed E-state index contributed by atoms with van der Waals surface area (Å²) < 4.78 is 19.3. The predicted molar refractivity (Wildman–Crippen MR) is 151 cm³/mol. The van der Waals surface area contributed by atoms with Crippen molar-refractivity contribution >= 4 is 52.2 Å². The number of amides is 3. The van der Waals surface area contributed by atoms with Crippen LogP contribution in [0.25, 0.3) is 0 Å². The molecule has 2 aliphatic heterocycles. The van der Waals surface area contributed by atoms with Crippen molar-refractivity contribution in [1.29, 1.82) is 0 Å². The molecule has 40 heavy (non-hydrogen) atoms. The van der Waals surface area contributed by atoms with Crippen molar-refractivity contribution in [3.63, 3.8) is 0 Å². The second-order valence-corrected chi connectivity index (χ2v) is 11.7. The van der Waals surface area contributed by atoms with Gasteiger partial charge < -0.3 is 15.0 Å². The van der Waals surface area contributed by atoms with Crippen LogP contribution in [0.3, 0.4) is 0 Å². The van der Waals surface area contributed by atoms with Crippen molar-refractivity contribution in [3.05, 3.63) is 104 Å². The third-order valence-electron chi connectivity index (χ3n) is 6.80. The van der Waals surface area contributed by atoms with E-state index >= 15 is 0 Å². The quantitative estimate of drug-likeness (QED) is 0.323. The van der Waals surface area contributed by atoms with Crippen molar-refractivity contribution in [1.82, 2.24) is 4.98 Å². The number of hydrogen-bond donors (Lipinski definition) is 2. The Balaban J connectivity index is 1.29. The van der Waals surface area contributed by atoms with Gasteiger partial charge in [-0.3, -0.25) is 19.2 Å². The lowest BCUT2D eigenvalue weighted by atomic mass is 9.83. The molecular formula is C29H22FN3O5S2. The molecule has 2 N–H and O–H groups in total. The van der Waals surface area contributed by atoms with Gasteiger partial charge >= 0.3 is 4.87 Å². The van der Waals surface area contributed by atoms with Crippen LogP contribution < -0.4 is 19.8 Å². The molecular weight excluding hydrogens is 553 g/mol. The van der Waals surface area contributed by atoms with Gasteiger partial charge in [-0.05, 0) is 66.6 Å². The maximum atomic E-state index is 13.8. The lowest BCUT2D eigenvalue weighted by Crippen LogP contribution is -2.32. The van der Waals surface area contributed by atoms with Crippen LogP contribution in [0.1, 0.15) is 21.9 Å². The number of rotatable bonds is 6. The van der Waals surface area contributed by atoms with Crippen LogP contribution in [-0.4, -0.2) is 34.6 Å². The van der Waals surface area contributed by atoms with E-state index in [4.69, 9.17) is 4.74 Å². The summed E-state index contributed by atoms with van der Waals surface area (Å²) in [5, 5.41) is 2.57. The molecule has 0 spiro atoms. The average Bonchev–Trinajstić information content (AvgIpc) is 3.42. The predicted octanol–water partition coefficient (Wildman–Crippen LogP) is 4.70. The molecule has 1 fully saturated rings. The largest absolute Gasteiger partial charge is 0.484 e. The number of fused-ring (bicyclic) bond motifs is 2. The molecule has 0 unspecified atom stereocenters. The zero-order valence-corrected chi connectivity index (χ0v) is 22.7. The average molecular weight is 576 g/mol. The highest BCUT2D eigenvalue weighted by Gasteiger charge is 2.56. The number of thioether (sulfide) groups is 1. The fourth-order valence-electron chi connectivity index (χ4n) is 5.09. The van der Waals surface area contributed by atoms with Crippen molar-refractivity contribution in [3.8, 4) is 5.75 Å². The number of hydrogen-bond acceptors (Lipinski definition) is 7. The molecule has 6 rings (SSSR count). The number of nitrogens with one attached hydrogen (secondary N) is 2. The number of benzene rings is 3. The third kappa shape index (κ3) is 4.82. The van der Waals surface area contributed by atoms with Crippen molar-refractivity contribution in [2.75, 3.05) is 16.8 Å². The minimum absolute atomic E-state index is 0.234. The third-order valence-corrected chi connectivity index (χ3v) is 9.20. The van der Waals surface area contributed by atoms with E-state index in [2.05, 4.69) is 10.3 Å². The summed E-state index contributed by atoms with van der Waals surface area (Å²) in [4.78, 5) is 56.3. The molecule has 4 aromatic rings. The molecule has 0 radical (unpaired) electrons. The fourth-order valence-corrected chi connectivity index (χ4v) is 7.60. The molecule has 11 heteroatoms. The molecule has 3 atom stereocenters. The zero-order valence-electron chi connectivity index (χ0n) is 21.1. The minimum Gasteiger partial charge on any atom is -0.484 e. The molecule has 0 bridgehead atoms. The number of aryl methyl sites for hydroxylation is 1. The SMILES string of the molecule is Cc1cccc(NC(=O)COc2cccc([C@@H]3c4sc(=O)[nH]c4S[C@H]4C(=O)N(c5ccc(F)cc5)C(=O)[C@@H]34)c2)c1. The number of halogens is 1. The number of H-pyrrole nitrogens is 1. The summed E-state index contributed by atoms with van der Waals surface area (Å²) >= 11 is 2.17. The Bertz CT molecular complexity index is 1700. The van der Waals surface area contributed by atoms with E-state index < -0.39 is 34.7 Å². The number of anilines is 2. The lowest BCUT2D eigenvalue weighted by Gasteiger charge is -2.30. The van der Waals surface area contributed by atoms with E-state index in [-0.39, 0.29) is 17.4 Å². The second kappa shape index (κ2) is 10.4. The van der Waals surface area contributed by atoms with Crippen LogP contribution in [0.4, 0.5) is 15.8 Å². The van der Waals surface area contributed by atoms with Gasteiger partial charge in [-0.2, -0.15) is 0 Å². The first-order valence-corrected chi connectivity index (χ1v) is 14.1. The zero-order chi connectivity index (χ0) is 28.0. The maximum absolute atomic E-state index is 13.8. The first-order chi connectivity index (χ1) is 19.3. The molecule has 1 aromatic heterocycles. The van der Waals surface area contributed by atoms with Crippen molar-refractivity contribution in [2.24, 2.45) is 5.92 Å². The van der Waals surface area contributed by atoms with E-state index in [1.54, 1.807) is 24.3 Å². The summed E-state index contributed by atoms with van der Waals surface area (Å²) in [7, 11) is 0. The highest BCUT2D eigenvalue weighted by Crippen LogP contribution is 2.53. The fraction of sp³-hybridized carbons (Fsp3) is 0.172. The Morgan fingerprint density at radius 1 is 1.02 bits per heavy atom. The van der Waals surface area contributed by atoms with E-state index in [0.717, 1.165) is 21.8 Å². The topological polar surface area (TPSA) is 109 Å². The van der Waals surface area contributed by atoms with Crippen LogP contribution in [0.15, 0.2) is 82.6 Å². The molecule has 3 aromatic carbocycles. The molecule has 202 valence electrons. The molecule has 8 nitrogen and oxygen atoms in total. The van der Waals surface area contributed by atoms with Crippen LogP contribution >= 0.6 is 23.1 Å². The Morgan fingerprint density at radius 3 is 2.58 bits per heavy atom. The first kappa shape index (κ1) is 26.0. The number of aromatic amines is 1. The van der Waals surface area contributed by atoms with E-state index in [9.17, 15) is 23.6 Å². The van der Waals surface area contributed by atoms with E-state index in [1.807, 2.05) is 31.2 Å². The Morgan fingerprint density at radius 2 is 1.80 bits per heavy atom. The summed E-state index contributed by atoms with van der Waals surface area (Å²) in [6.07, 6.45) is 0. The Hall–Kier alpha value is -4.22. The van der Waals surface area contributed by atoms with E-state index in [0.29, 0.717) is 32.6 Å². The van der Waals surface area contributed by atoms with Crippen molar-refractivity contribution < 1.29 is 23.5 Å². The van der Waals surface area contributed by atoms with Crippen LogP contribution in [0.2, 0.25) is 0 Å². The van der Waals surface area contributed by atoms with Crippen LogP contribution in [-0.2, 0) is 14.4 Å². The summed E-state index contributed by atoms with van der Waals surface area (Å²) in [6, 6.07) is 19.6. The number of aromatic nitrogens is 1. The number of carbonyl (C=O) groups excluding carboxylic acids is 3. The van der Waals surface area contributed by atoms with Gasteiger partial charge in [-0.1, -0.05) is 47.4 Å². The second-order valence-electron chi connectivity index (χ2n) is 9.52. The van der Waals surface area contributed by atoms with Gasteiger partial charge in [-0.25, -0.2) is 9.29 Å². The summed E-state index contributed by atoms with van der Waals surface area (Å²) in [5.41, 5.74) is 2.64. The minimum atomic E-state index is -0.790. The van der Waals surface area contributed by atoms with Gasteiger partial charge in [0, 0.05) is 16.5 Å². The number of imide groups is 1. The number of carbonyl (C=O) groups is 3. The molecule has 2 aliphatic rings. The van der Waals surface area contributed by atoms with Gasteiger partial charge in [0.15, 0.2) is 6.61 Å². The number of nitrogens with zero attached hydrogens (tertiary/aromatic N) is 1. The van der Waals surface area contributed by atoms with Gasteiger partial charge in [0.05, 0.1) is 16.6 Å². The molecule has 3 heterocycles. The van der Waals surface area contributed by atoms with Gasteiger partial charge in [0.2, 0.25) is 11.8 Å². The van der Waals surface area contributed by atoms with Gasteiger partial charge in [-0.15, -0.1) is 0 Å². The molecule has 0 saturated carbocycles. The standard InChI is InChI=1S/C29H22FN3O5S2/c1-15-4-2-6-18(12-15)31-21(34)14-38-20-7-3-5-16(13-20)22-23-25(39-26-24(22)40-29(37)32-26)28(36)33(27(23)35)19-10-8-17(30)9-11-19/h2-13,22-23,25H,14H2,1H3,(H,31,34)(H,32,37)/t22-,23-,25+/m0/s1. The summed E-state index contributed by atoms with van der Waals surface area (Å²) in [5.74, 6) is -2.63. The smallest absolute Gasteiger partial charge is 0.305 e. The maximum Gasteiger partial charge on any atom is 0.305 e. The normalized spacial score (nSPS) is 19.8. The molecule has 1 saturated heterocycles.